The Morgan fingerprint density at radius 1 is 0.800 bits per heavy atom. The van der Waals surface area contributed by atoms with Crippen LogP contribution in [0.2, 0.25) is 0 Å². The fourth-order valence-corrected chi connectivity index (χ4v) is 2.91. The van der Waals surface area contributed by atoms with Crippen molar-refractivity contribution in [2.24, 2.45) is 0 Å². The normalized spacial score (nSPS) is 18.8. The Labute approximate surface area is 102 Å². The Morgan fingerprint density at radius 2 is 1.47 bits per heavy atom. The summed E-state index contributed by atoms with van der Waals surface area (Å²) in [6.45, 7) is 10.5. The van der Waals surface area contributed by atoms with Gasteiger partial charge >= 0.3 is 0 Å². The van der Waals surface area contributed by atoms with Crippen LogP contribution in [0.5, 0.6) is 0 Å². The van der Waals surface area contributed by atoms with E-state index in [0.29, 0.717) is 0 Å². The van der Waals surface area contributed by atoms with Crippen molar-refractivity contribution in [3.63, 3.8) is 0 Å². The molecule has 0 atom stereocenters. The van der Waals surface area contributed by atoms with Crippen LogP contribution < -0.4 is 12.4 Å². The van der Waals surface area contributed by atoms with Crippen LogP contribution >= 0.6 is 0 Å². The van der Waals surface area contributed by atoms with E-state index in [1.807, 2.05) is 0 Å². The number of halogens is 1. The summed E-state index contributed by atoms with van der Waals surface area (Å²) in [5, 5.41) is 0. The van der Waals surface area contributed by atoms with E-state index in [9.17, 15) is 0 Å². The van der Waals surface area contributed by atoms with Crippen LogP contribution in [0, 0.1) is 0 Å². The van der Waals surface area contributed by atoms with Gasteiger partial charge in [-0.1, -0.05) is 26.7 Å². The smallest absolute Gasteiger partial charge is 0.0788 e. The highest BCUT2D eigenvalue weighted by molar-refractivity contribution is 4.55. The standard InChI is InChI=1S/C13H28N.ClH/c1-3-5-6-7-11-14(10-4-2)12-8-9-13-14;/h3-13H2,1-2H3;1H/q+1;/p-1. The van der Waals surface area contributed by atoms with Crippen LogP contribution in [-0.4, -0.2) is 30.7 Å². The molecule has 1 saturated heterocycles. The van der Waals surface area contributed by atoms with E-state index in [2.05, 4.69) is 13.8 Å². The maximum atomic E-state index is 2.34. The summed E-state index contributed by atoms with van der Waals surface area (Å²) in [7, 11) is 0. The third kappa shape index (κ3) is 5.21. The summed E-state index contributed by atoms with van der Waals surface area (Å²) < 4.78 is 1.46. The number of hydrogen-bond acceptors (Lipinski definition) is 0. The number of quaternary nitrogens is 1. The van der Waals surface area contributed by atoms with Gasteiger partial charge in [0.1, 0.15) is 0 Å². The summed E-state index contributed by atoms with van der Waals surface area (Å²) in [4.78, 5) is 0. The molecule has 0 aromatic rings. The summed E-state index contributed by atoms with van der Waals surface area (Å²) in [6.07, 6.45) is 10.1. The number of rotatable bonds is 7. The largest absolute Gasteiger partial charge is 1.00 e. The number of likely N-dealkylation sites (tertiary alicyclic amines) is 1. The van der Waals surface area contributed by atoms with E-state index >= 15 is 0 Å². The van der Waals surface area contributed by atoms with E-state index < -0.39 is 0 Å². The van der Waals surface area contributed by atoms with Crippen LogP contribution in [-0.2, 0) is 0 Å². The predicted molar refractivity (Wildman–Crippen MR) is 63.4 cm³/mol. The van der Waals surface area contributed by atoms with Crippen molar-refractivity contribution in [1.82, 2.24) is 0 Å². The molecule has 1 heterocycles. The van der Waals surface area contributed by atoms with Gasteiger partial charge in [0, 0.05) is 12.8 Å². The molecule has 0 N–H and O–H groups in total. The third-order valence-electron chi connectivity index (χ3n) is 3.70. The highest BCUT2D eigenvalue weighted by Gasteiger charge is 2.29. The second-order valence-electron chi connectivity index (χ2n) is 5.00. The molecule has 0 aromatic carbocycles. The highest BCUT2D eigenvalue weighted by atomic mass is 35.5. The van der Waals surface area contributed by atoms with Gasteiger partial charge in [-0.25, -0.2) is 0 Å². The lowest BCUT2D eigenvalue weighted by Crippen LogP contribution is -3.00. The zero-order valence-corrected chi connectivity index (χ0v) is 11.4. The number of hydrogen-bond donors (Lipinski definition) is 0. The average Bonchev–Trinajstić information content (AvgIpc) is 2.63. The molecule has 0 bridgehead atoms. The van der Waals surface area contributed by atoms with Crippen LogP contribution in [0.3, 0.4) is 0 Å². The van der Waals surface area contributed by atoms with Gasteiger partial charge < -0.3 is 16.9 Å². The first-order chi connectivity index (χ1) is 6.83. The predicted octanol–water partition coefficient (Wildman–Crippen LogP) is 0.591. The molecule has 1 rings (SSSR count). The molecule has 1 fully saturated rings. The average molecular weight is 234 g/mol. The van der Waals surface area contributed by atoms with Gasteiger partial charge in [0.15, 0.2) is 0 Å². The van der Waals surface area contributed by atoms with Crippen molar-refractivity contribution in [2.75, 3.05) is 26.2 Å². The van der Waals surface area contributed by atoms with E-state index in [-0.39, 0.29) is 12.4 Å². The molecule has 92 valence electrons. The van der Waals surface area contributed by atoms with Gasteiger partial charge in [-0.15, -0.1) is 0 Å². The van der Waals surface area contributed by atoms with Crippen molar-refractivity contribution in [3.8, 4) is 0 Å². The van der Waals surface area contributed by atoms with Gasteiger partial charge in [-0.05, 0) is 19.3 Å². The van der Waals surface area contributed by atoms with Crippen LogP contribution in [0.1, 0.15) is 58.8 Å². The second-order valence-corrected chi connectivity index (χ2v) is 5.00. The first kappa shape index (κ1) is 15.2. The minimum atomic E-state index is 0. The molecule has 2 heteroatoms. The van der Waals surface area contributed by atoms with Crippen molar-refractivity contribution >= 4 is 0 Å². The second kappa shape index (κ2) is 8.41. The zero-order chi connectivity index (χ0) is 10.3. The van der Waals surface area contributed by atoms with Gasteiger partial charge in [0.25, 0.3) is 0 Å². The molecule has 0 saturated carbocycles. The molecular formula is C13H28ClN. The fraction of sp³-hybridized carbons (Fsp3) is 1.00. The highest BCUT2D eigenvalue weighted by Crippen LogP contribution is 2.21. The van der Waals surface area contributed by atoms with Crippen LogP contribution in [0.4, 0.5) is 0 Å². The Kier molecular flexibility index (Phi) is 8.55. The maximum Gasteiger partial charge on any atom is 0.0788 e. The lowest BCUT2D eigenvalue weighted by molar-refractivity contribution is -0.917. The lowest BCUT2D eigenvalue weighted by Gasteiger charge is -2.34. The summed E-state index contributed by atoms with van der Waals surface area (Å²) in [6, 6.07) is 0. The van der Waals surface area contributed by atoms with Gasteiger partial charge in [-0.2, -0.15) is 0 Å². The molecule has 0 amide bonds. The van der Waals surface area contributed by atoms with Crippen LogP contribution in [0.15, 0.2) is 0 Å². The summed E-state index contributed by atoms with van der Waals surface area (Å²) >= 11 is 0. The van der Waals surface area contributed by atoms with Crippen molar-refractivity contribution in [2.45, 2.75) is 58.8 Å². The zero-order valence-electron chi connectivity index (χ0n) is 10.6. The van der Waals surface area contributed by atoms with Crippen molar-refractivity contribution < 1.29 is 16.9 Å². The molecule has 15 heavy (non-hydrogen) atoms. The van der Waals surface area contributed by atoms with E-state index in [4.69, 9.17) is 0 Å². The molecule has 0 aromatic heterocycles. The molecule has 0 aliphatic carbocycles. The van der Waals surface area contributed by atoms with E-state index in [0.717, 1.165) is 0 Å². The third-order valence-corrected chi connectivity index (χ3v) is 3.70. The van der Waals surface area contributed by atoms with E-state index in [1.165, 1.54) is 75.6 Å². The van der Waals surface area contributed by atoms with E-state index in [1.54, 1.807) is 0 Å². The quantitative estimate of drug-likeness (QED) is 0.446. The summed E-state index contributed by atoms with van der Waals surface area (Å²) in [5.41, 5.74) is 0. The Balaban J connectivity index is 0.00000196. The molecule has 1 aliphatic heterocycles. The monoisotopic (exact) mass is 233 g/mol. The molecule has 0 radical (unpaired) electrons. The van der Waals surface area contributed by atoms with Crippen LogP contribution in [0.25, 0.3) is 0 Å². The van der Waals surface area contributed by atoms with Crippen molar-refractivity contribution in [3.05, 3.63) is 0 Å². The minimum absolute atomic E-state index is 0. The molecule has 1 nitrogen and oxygen atoms in total. The minimum Gasteiger partial charge on any atom is -1.00 e. The Morgan fingerprint density at radius 3 is 2.00 bits per heavy atom. The molecule has 1 aliphatic rings. The Bertz CT molecular complexity index is 141. The maximum absolute atomic E-state index is 2.34. The topological polar surface area (TPSA) is 0 Å². The SMILES string of the molecule is CCCCCC[N+]1(CCC)CCCC1.[Cl-]. The Hall–Kier alpha value is 0.250. The van der Waals surface area contributed by atoms with Gasteiger partial charge in [-0.3, -0.25) is 0 Å². The number of unbranched alkanes of at least 4 members (excludes halogenated alkanes) is 3. The lowest BCUT2D eigenvalue weighted by atomic mass is 10.2. The fourth-order valence-electron chi connectivity index (χ4n) is 2.91. The molecular weight excluding hydrogens is 206 g/mol. The first-order valence-electron chi connectivity index (χ1n) is 6.68. The number of nitrogens with zero attached hydrogens (tertiary/aromatic N) is 1. The first-order valence-corrected chi connectivity index (χ1v) is 6.68. The van der Waals surface area contributed by atoms with Gasteiger partial charge in [0.2, 0.25) is 0 Å². The van der Waals surface area contributed by atoms with Crippen molar-refractivity contribution in [1.29, 1.82) is 0 Å². The molecule has 0 unspecified atom stereocenters. The summed E-state index contributed by atoms with van der Waals surface area (Å²) in [5.74, 6) is 0. The molecule has 0 spiro atoms. The van der Waals surface area contributed by atoms with Gasteiger partial charge in [0.05, 0.1) is 26.2 Å².